The van der Waals surface area contributed by atoms with E-state index in [1.807, 2.05) is 45.3 Å². The van der Waals surface area contributed by atoms with Gasteiger partial charge in [0, 0.05) is 30.7 Å². The van der Waals surface area contributed by atoms with E-state index in [2.05, 4.69) is 16.0 Å². The van der Waals surface area contributed by atoms with Crippen LogP contribution in [0.5, 0.6) is 0 Å². The van der Waals surface area contributed by atoms with E-state index in [-0.39, 0.29) is 11.8 Å². The molecule has 0 aliphatic heterocycles. The average molecular weight is 260 g/mol. The third-order valence-corrected chi connectivity index (χ3v) is 3.27. The summed E-state index contributed by atoms with van der Waals surface area (Å²) in [7, 11) is 2.00. The minimum Gasteiger partial charge on any atom is -0.481 e. The van der Waals surface area contributed by atoms with Gasteiger partial charge in [0.1, 0.15) is 0 Å². The number of rotatable bonds is 5. The normalized spacial score (nSPS) is 11.7. The minimum atomic E-state index is -0.752. The molecule has 4 heteroatoms. The van der Waals surface area contributed by atoms with Gasteiger partial charge in [-0.25, -0.2) is 0 Å². The Kier molecular flexibility index (Phi) is 3.51. The van der Waals surface area contributed by atoms with Crippen LogP contribution in [0.25, 0.3) is 10.9 Å². The summed E-state index contributed by atoms with van der Waals surface area (Å²) >= 11 is 0. The number of H-pyrrole nitrogens is 1. The molecule has 1 aromatic carbocycles. The molecule has 1 heterocycles. The molecule has 0 saturated heterocycles. The Morgan fingerprint density at radius 3 is 2.74 bits per heavy atom. The zero-order valence-electron chi connectivity index (χ0n) is 11.6. The molecule has 19 heavy (non-hydrogen) atoms. The van der Waals surface area contributed by atoms with E-state index in [4.69, 9.17) is 5.11 Å². The zero-order valence-corrected chi connectivity index (χ0v) is 11.6. The molecular weight excluding hydrogens is 240 g/mol. The zero-order chi connectivity index (χ0) is 14.0. The number of carbonyl (C=O) groups is 1. The van der Waals surface area contributed by atoms with Crippen LogP contribution in [0.1, 0.15) is 20.3 Å². The van der Waals surface area contributed by atoms with Crippen LogP contribution >= 0.6 is 0 Å². The molecule has 2 rings (SSSR count). The predicted octanol–water partition coefficient (Wildman–Crippen LogP) is 3.11. The smallest absolute Gasteiger partial charge is 0.303 e. The second kappa shape index (κ2) is 4.96. The lowest BCUT2D eigenvalue weighted by atomic mass is 9.88. The van der Waals surface area contributed by atoms with Crippen LogP contribution in [0.2, 0.25) is 0 Å². The van der Waals surface area contributed by atoms with Crippen LogP contribution in [0.3, 0.4) is 0 Å². The molecule has 0 bridgehead atoms. The molecule has 2 N–H and O–H groups in total. The van der Waals surface area contributed by atoms with Crippen molar-refractivity contribution < 1.29 is 9.90 Å². The first kappa shape index (κ1) is 13.5. The van der Waals surface area contributed by atoms with E-state index in [1.165, 1.54) is 0 Å². The number of hydrogen-bond acceptors (Lipinski definition) is 2. The SMILES string of the molecule is CN(CC(C)(C)CC(=O)O)c1c[nH]c2ccccc12. The van der Waals surface area contributed by atoms with Gasteiger partial charge >= 0.3 is 5.97 Å². The van der Waals surface area contributed by atoms with Crippen LogP contribution in [0, 0.1) is 5.41 Å². The van der Waals surface area contributed by atoms with E-state index in [0.29, 0.717) is 6.54 Å². The molecule has 0 radical (unpaired) electrons. The number of carboxylic acids is 1. The molecule has 0 unspecified atom stereocenters. The van der Waals surface area contributed by atoms with Gasteiger partial charge in [0.25, 0.3) is 0 Å². The second-order valence-corrected chi connectivity index (χ2v) is 5.81. The molecule has 2 aromatic rings. The summed E-state index contributed by atoms with van der Waals surface area (Å²) in [6.45, 7) is 4.65. The maximum Gasteiger partial charge on any atom is 0.303 e. The number of nitrogens with one attached hydrogen (secondary N) is 1. The number of aliphatic carboxylic acids is 1. The van der Waals surface area contributed by atoms with Crippen LogP contribution in [0.15, 0.2) is 30.5 Å². The highest BCUT2D eigenvalue weighted by molar-refractivity contribution is 5.92. The van der Waals surface area contributed by atoms with Crippen LogP contribution in [-0.4, -0.2) is 29.7 Å². The van der Waals surface area contributed by atoms with Crippen molar-refractivity contribution in [2.75, 3.05) is 18.5 Å². The number of para-hydroxylation sites is 1. The van der Waals surface area contributed by atoms with Gasteiger partial charge in [-0.2, -0.15) is 0 Å². The molecular formula is C15H20N2O2. The Balaban J connectivity index is 2.20. The summed E-state index contributed by atoms with van der Waals surface area (Å²) in [6, 6.07) is 8.11. The Morgan fingerprint density at radius 2 is 2.05 bits per heavy atom. The number of anilines is 1. The number of nitrogens with zero attached hydrogens (tertiary/aromatic N) is 1. The lowest BCUT2D eigenvalue weighted by Crippen LogP contribution is -2.33. The van der Waals surface area contributed by atoms with Crippen LogP contribution < -0.4 is 4.90 Å². The molecule has 0 saturated carbocycles. The fourth-order valence-corrected chi connectivity index (χ4v) is 2.56. The molecule has 4 nitrogen and oxygen atoms in total. The third kappa shape index (κ3) is 3.08. The monoisotopic (exact) mass is 260 g/mol. The molecule has 0 aliphatic rings. The average Bonchev–Trinajstić information content (AvgIpc) is 2.69. The number of benzene rings is 1. The number of hydrogen-bond donors (Lipinski definition) is 2. The summed E-state index contributed by atoms with van der Waals surface area (Å²) in [5.74, 6) is -0.752. The second-order valence-electron chi connectivity index (χ2n) is 5.81. The van der Waals surface area contributed by atoms with Gasteiger partial charge < -0.3 is 15.0 Å². The Bertz CT molecular complexity index is 587. The standard InChI is InChI=1S/C15H20N2O2/c1-15(2,8-14(18)19)10-17(3)13-9-16-12-7-5-4-6-11(12)13/h4-7,9,16H,8,10H2,1-3H3,(H,18,19). The summed E-state index contributed by atoms with van der Waals surface area (Å²) in [6.07, 6.45) is 2.14. The van der Waals surface area contributed by atoms with E-state index in [1.54, 1.807) is 0 Å². The summed E-state index contributed by atoms with van der Waals surface area (Å²) < 4.78 is 0. The van der Waals surface area contributed by atoms with Crippen molar-refractivity contribution in [2.24, 2.45) is 5.41 Å². The van der Waals surface area contributed by atoms with Crippen molar-refractivity contribution in [3.63, 3.8) is 0 Å². The Hall–Kier alpha value is -1.97. The summed E-state index contributed by atoms with van der Waals surface area (Å²) in [5.41, 5.74) is 1.94. The van der Waals surface area contributed by atoms with E-state index in [9.17, 15) is 4.79 Å². The van der Waals surface area contributed by atoms with Gasteiger partial charge in [0.2, 0.25) is 0 Å². The highest BCUT2D eigenvalue weighted by Crippen LogP contribution is 2.29. The highest BCUT2D eigenvalue weighted by atomic mass is 16.4. The fraction of sp³-hybridized carbons (Fsp3) is 0.400. The minimum absolute atomic E-state index is 0.166. The Labute approximate surface area is 113 Å². The lowest BCUT2D eigenvalue weighted by molar-refractivity contribution is -0.139. The number of fused-ring (bicyclic) bond motifs is 1. The van der Waals surface area contributed by atoms with Crippen molar-refractivity contribution in [1.82, 2.24) is 4.98 Å². The van der Waals surface area contributed by atoms with Crippen LogP contribution in [-0.2, 0) is 4.79 Å². The van der Waals surface area contributed by atoms with Gasteiger partial charge in [-0.3, -0.25) is 4.79 Å². The molecule has 102 valence electrons. The quantitative estimate of drug-likeness (QED) is 0.868. The van der Waals surface area contributed by atoms with Gasteiger partial charge in [-0.05, 0) is 11.5 Å². The largest absolute Gasteiger partial charge is 0.481 e. The van der Waals surface area contributed by atoms with Crippen molar-refractivity contribution in [3.8, 4) is 0 Å². The van der Waals surface area contributed by atoms with Crippen molar-refractivity contribution in [1.29, 1.82) is 0 Å². The van der Waals surface area contributed by atoms with Gasteiger partial charge in [-0.15, -0.1) is 0 Å². The molecule has 1 aromatic heterocycles. The predicted molar refractivity (Wildman–Crippen MR) is 77.6 cm³/mol. The molecule has 0 aliphatic carbocycles. The number of aromatic amines is 1. The van der Waals surface area contributed by atoms with Gasteiger partial charge in [0.15, 0.2) is 0 Å². The molecule has 0 amide bonds. The molecule has 0 spiro atoms. The Morgan fingerprint density at radius 1 is 1.37 bits per heavy atom. The van der Waals surface area contributed by atoms with Crippen molar-refractivity contribution in [3.05, 3.63) is 30.5 Å². The molecule has 0 atom stereocenters. The van der Waals surface area contributed by atoms with E-state index in [0.717, 1.165) is 16.6 Å². The number of carboxylic acid groups (broad SMARTS) is 1. The van der Waals surface area contributed by atoms with Crippen molar-refractivity contribution in [2.45, 2.75) is 20.3 Å². The third-order valence-electron chi connectivity index (χ3n) is 3.27. The first-order chi connectivity index (χ1) is 8.89. The number of aromatic nitrogens is 1. The first-order valence-electron chi connectivity index (χ1n) is 6.38. The topological polar surface area (TPSA) is 56.3 Å². The highest BCUT2D eigenvalue weighted by Gasteiger charge is 2.24. The van der Waals surface area contributed by atoms with Crippen LogP contribution in [0.4, 0.5) is 5.69 Å². The summed E-state index contributed by atoms with van der Waals surface area (Å²) in [5, 5.41) is 10.1. The van der Waals surface area contributed by atoms with Crippen molar-refractivity contribution >= 4 is 22.6 Å². The fourth-order valence-electron chi connectivity index (χ4n) is 2.56. The molecule has 0 fully saturated rings. The maximum absolute atomic E-state index is 10.9. The maximum atomic E-state index is 10.9. The first-order valence-corrected chi connectivity index (χ1v) is 6.38. The summed E-state index contributed by atoms with van der Waals surface area (Å²) in [4.78, 5) is 16.2. The van der Waals surface area contributed by atoms with E-state index < -0.39 is 5.97 Å². The van der Waals surface area contributed by atoms with Gasteiger partial charge in [-0.1, -0.05) is 32.0 Å². The lowest BCUT2D eigenvalue weighted by Gasteiger charge is -2.30. The van der Waals surface area contributed by atoms with E-state index >= 15 is 0 Å². The van der Waals surface area contributed by atoms with Gasteiger partial charge in [0.05, 0.1) is 12.1 Å².